The molecule has 0 saturated carbocycles. The van der Waals surface area contributed by atoms with Crippen LogP contribution < -0.4 is 9.97 Å². The first-order valence-corrected chi connectivity index (χ1v) is 39.2. The molecule has 2 aliphatic heterocycles. The Balaban J connectivity index is 0.00000133. The van der Waals surface area contributed by atoms with Crippen LogP contribution in [0.5, 0.6) is 0 Å². The minimum absolute atomic E-state index is 0. The molecule has 0 aliphatic carbocycles. The van der Waals surface area contributed by atoms with Crippen LogP contribution in [-0.4, -0.2) is 247 Å². The van der Waals surface area contributed by atoms with E-state index in [0.29, 0.717) is 45.9 Å². The molecule has 7 aromatic rings. The monoisotopic (exact) mass is 1520 g/mol. The standard InChI is InChI=1S/C32H16N8.4C7H17N2S.4C3H8S.Cu/c1-2-10-18-17(9-1)25-33-26(18)38-28-21-13-5-6-14-22(21)30(35-28)40-32-24-16-8-7-15-23(24)31(36-32)39-29-20-12-4-3-11-19(20)27(34-29)37-25;4*1-6-10-7(8(2)3)9(4)5;4*1-2-3-4;/h1-16H;4*6H2,1-5H3;4*4H,2-3H2,1H3;/q-2;4*+1;;;;;+2. The van der Waals surface area contributed by atoms with E-state index in [1.165, 1.54) is 46.4 Å². The van der Waals surface area contributed by atoms with E-state index in [0.717, 1.165) is 89.8 Å². The molecule has 0 spiro atoms. The number of thioether (sulfide) groups is 4. The SMILES string of the molecule is CCCS.CCCS.CCCS.CCCS.CCSC(N(C)C)=[N+](C)C.CCSC(N(C)C)=[N+](C)C.CCSC(N(C)C)=[N+](C)C.CCSC(N(C)C)=[N+](C)C.[Cu+2].c1ccc2c(c1)-c1nc-2nc2[n-]c(nc3nc(nc4[n-]c(n1)c1ccccc41)-c1ccccc1-3)c1ccccc21. The van der Waals surface area contributed by atoms with Crippen molar-refractivity contribution in [1.82, 2.24) is 59.5 Å². The second-order valence-electron chi connectivity index (χ2n) is 22.6. The van der Waals surface area contributed by atoms with Crippen molar-refractivity contribution in [2.45, 2.75) is 81.1 Å². The predicted octanol–water partition coefficient (Wildman–Crippen LogP) is 15.1. The van der Waals surface area contributed by atoms with Gasteiger partial charge in [-0.05, 0) is 117 Å². The largest absolute Gasteiger partial charge is 2.00 e. The Morgan fingerprint density at radius 3 is 0.608 bits per heavy atom. The van der Waals surface area contributed by atoms with E-state index in [1.807, 2.05) is 144 Å². The number of hydrogen-bond donors (Lipinski definition) is 4. The molecule has 8 bridgehead atoms. The second kappa shape index (κ2) is 52.4. The topological polar surface area (TPSA) is 131 Å². The molecule has 0 amide bonds. The zero-order chi connectivity index (χ0) is 72.5. The van der Waals surface area contributed by atoms with Crippen LogP contribution in [0.3, 0.4) is 0 Å². The number of aromatic nitrogens is 8. The fraction of sp³-hybridized carbons (Fsp3) is 0.500. The van der Waals surface area contributed by atoms with Gasteiger partial charge in [-0.3, -0.25) is 37.9 Å². The van der Waals surface area contributed by atoms with E-state index in [9.17, 15) is 0 Å². The van der Waals surface area contributed by atoms with Crippen molar-refractivity contribution in [3.63, 3.8) is 0 Å². The first kappa shape index (κ1) is 92.4. The first-order chi connectivity index (χ1) is 45.8. The third kappa shape index (κ3) is 31.9. The van der Waals surface area contributed by atoms with Gasteiger partial charge >= 0.3 is 37.7 Å². The van der Waals surface area contributed by atoms with Crippen molar-refractivity contribution >= 4 is 162 Å². The Kier molecular flexibility index (Phi) is 50.0. The third-order valence-corrected chi connectivity index (χ3v) is 19.3. The molecule has 97 heavy (non-hydrogen) atoms. The molecule has 0 N–H and O–H groups in total. The molecule has 4 aromatic carbocycles. The van der Waals surface area contributed by atoms with Crippen LogP contribution in [0.25, 0.3) is 89.7 Å². The van der Waals surface area contributed by atoms with Gasteiger partial charge < -0.3 is 29.9 Å². The molecule has 0 saturated heterocycles. The Hall–Kier alpha value is -4.56. The maximum Gasteiger partial charge on any atom is 2.00 e. The summed E-state index contributed by atoms with van der Waals surface area (Å²) in [5.74, 6) is 10.8. The van der Waals surface area contributed by atoms with Gasteiger partial charge in [0.2, 0.25) is 0 Å². The Bertz CT molecular complexity index is 3210. The summed E-state index contributed by atoms with van der Waals surface area (Å²) in [5, 5.41) is 8.80. The van der Waals surface area contributed by atoms with E-state index in [2.05, 4.69) is 257 Å². The van der Waals surface area contributed by atoms with Gasteiger partial charge in [-0.25, -0.2) is 9.97 Å². The van der Waals surface area contributed by atoms with Gasteiger partial charge in [-0.2, -0.15) is 50.5 Å². The number of rotatable bonds is 8. The van der Waals surface area contributed by atoms with Crippen molar-refractivity contribution in [3.05, 3.63) is 97.1 Å². The Morgan fingerprint density at radius 1 is 0.320 bits per heavy atom. The fourth-order valence-electron chi connectivity index (χ4n) is 8.61. The molecule has 0 fully saturated rings. The van der Waals surface area contributed by atoms with Crippen molar-refractivity contribution in [2.24, 2.45) is 0 Å². The molecule has 25 heteroatoms. The second-order valence-corrected chi connectivity index (χ2v) is 29.3. The number of fused-ring (bicyclic) bond motifs is 20. The van der Waals surface area contributed by atoms with Crippen molar-refractivity contribution in [1.29, 1.82) is 0 Å². The minimum atomic E-state index is 0. The Morgan fingerprint density at radius 2 is 0.485 bits per heavy atom. The maximum absolute atomic E-state index is 4.95. The van der Waals surface area contributed by atoms with Gasteiger partial charge in [0.1, 0.15) is 0 Å². The summed E-state index contributed by atoms with van der Waals surface area (Å²) in [6, 6.07) is 31.8. The summed E-state index contributed by atoms with van der Waals surface area (Å²) < 4.78 is 8.53. The summed E-state index contributed by atoms with van der Waals surface area (Å²) >= 11 is 23.1. The van der Waals surface area contributed by atoms with Crippen LogP contribution >= 0.6 is 97.6 Å². The molecular weight excluding hydrogens is 1410 g/mol. The van der Waals surface area contributed by atoms with Gasteiger partial charge in [-0.1, -0.05) is 152 Å². The van der Waals surface area contributed by atoms with Gasteiger partial charge in [0.15, 0.2) is 0 Å². The summed E-state index contributed by atoms with van der Waals surface area (Å²) in [5.41, 5.74) is 5.78. The van der Waals surface area contributed by atoms with E-state index in [4.69, 9.17) is 39.9 Å². The zero-order valence-electron chi connectivity index (χ0n) is 62.6. The zero-order valence-corrected chi connectivity index (χ0v) is 70.4. The average molecular weight is 1530 g/mol. The van der Waals surface area contributed by atoms with E-state index in [1.54, 1.807) is 0 Å². The van der Waals surface area contributed by atoms with Gasteiger partial charge in [0.05, 0.1) is 136 Å². The van der Waals surface area contributed by atoms with Gasteiger partial charge in [0.25, 0.3) is 0 Å². The predicted molar refractivity (Wildman–Crippen MR) is 446 cm³/mol. The number of hydrogen-bond acceptors (Lipinski definition) is 14. The normalized spacial score (nSPS) is 10.0. The molecule has 0 atom stereocenters. The van der Waals surface area contributed by atoms with Crippen LogP contribution in [0.4, 0.5) is 0 Å². The summed E-state index contributed by atoms with van der Waals surface area (Å²) in [6.45, 7) is 17.1. The van der Waals surface area contributed by atoms with Crippen LogP contribution in [0.1, 0.15) is 81.1 Å². The van der Waals surface area contributed by atoms with Crippen LogP contribution in [0.2, 0.25) is 0 Å². The van der Waals surface area contributed by atoms with Crippen LogP contribution in [0.15, 0.2) is 97.1 Å². The molecule has 9 rings (SSSR count). The van der Waals surface area contributed by atoms with E-state index < -0.39 is 0 Å². The maximum atomic E-state index is 4.95. The number of benzene rings is 4. The number of nitrogens with zero attached hydrogens (tertiary/aromatic N) is 16. The summed E-state index contributed by atoms with van der Waals surface area (Å²) in [4.78, 5) is 47.8. The molecular formula is C72H116CuN16S8+4. The molecule has 2 aliphatic rings. The molecule has 5 heterocycles. The molecule has 0 unspecified atom stereocenters. The van der Waals surface area contributed by atoms with Gasteiger partial charge in [0, 0.05) is 67.9 Å². The average Bonchev–Trinajstić information content (AvgIpc) is 1.62. The minimum Gasteiger partial charge on any atom is -0.357 e. The molecule has 539 valence electrons. The van der Waals surface area contributed by atoms with E-state index in [-0.39, 0.29) is 17.1 Å². The third-order valence-electron chi connectivity index (χ3n) is 12.4. The quantitative estimate of drug-likeness (QED) is 0.0378. The smallest absolute Gasteiger partial charge is 0.357 e. The number of thiol groups is 4. The number of amidine groups is 4. The molecule has 3 aromatic heterocycles. The van der Waals surface area contributed by atoms with Crippen molar-refractivity contribution < 1.29 is 35.4 Å². The van der Waals surface area contributed by atoms with Crippen molar-refractivity contribution in [2.75, 3.05) is 159 Å². The Labute approximate surface area is 634 Å². The van der Waals surface area contributed by atoms with Crippen molar-refractivity contribution in [3.8, 4) is 45.6 Å². The summed E-state index contributed by atoms with van der Waals surface area (Å²) in [6.07, 6.45) is 4.73. The first-order valence-electron chi connectivity index (χ1n) is 32.7. The molecule has 16 nitrogen and oxygen atoms in total. The van der Waals surface area contributed by atoms with Crippen LogP contribution in [0, 0.1) is 0 Å². The van der Waals surface area contributed by atoms with E-state index >= 15 is 0 Å². The fourth-order valence-corrected chi connectivity index (χ4v) is 11.7. The molecule has 1 radical (unpaired) electrons. The van der Waals surface area contributed by atoms with Crippen LogP contribution in [-0.2, 0) is 17.1 Å². The summed E-state index contributed by atoms with van der Waals surface area (Å²) in [7, 11) is 33.1. The van der Waals surface area contributed by atoms with Gasteiger partial charge in [-0.15, -0.1) is 0 Å².